The number of H-pyrrole nitrogens is 1. The van der Waals surface area contributed by atoms with Gasteiger partial charge in [-0.3, -0.25) is 9.59 Å². The molecule has 2 N–H and O–H groups in total. The van der Waals surface area contributed by atoms with Crippen molar-refractivity contribution in [1.82, 2.24) is 9.97 Å². The molecule has 0 fully saturated rings. The molecule has 0 amide bonds. The van der Waals surface area contributed by atoms with Crippen molar-refractivity contribution < 1.29 is 9.90 Å². The lowest BCUT2D eigenvalue weighted by Gasteiger charge is -2.19. The summed E-state index contributed by atoms with van der Waals surface area (Å²) >= 11 is 0. The smallest absolute Gasteiger partial charge is 0.308 e. The van der Waals surface area contributed by atoms with E-state index in [2.05, 4.69) is 30.7 Å². The normalized spacial score (nSPS) is 11.5. The number of nitrogens with one attached hydrogen (secondary N) is 1. The van der Waals surface area contributed by atoms with Crippen molar-refractivity contribution in [3.63, 3.8) is 0 Å². The molecular formula is C17H20N2O3. The van der Waals surface area contributed by atoms with Crippen LogP contribution >= 0.6 is 0 Å². The molecule has 1 heterocycles. The lowest BCUT2D eigenvalue weighted by Crippen LogP contribution is -2.20. The number of hydrogen-bond acceptors (Lipinski definition) is 3. The fourth-order valence-electron chi connectivity index (χ4n) is 2.23. The van der Waals surface area contributed by atoms with E-state index in [1.165, 1.54) is 5.56 Å². The van der Waals surface area contributed by atoms with E-state index in [0.717, 1.165) is 5.56 Å². The number of hydrogen-bond donors (Lipinski definition) is 2. The van der Waals surface area contributed by atoms with Crippen molar-refractivity contribution in [2.45, 2.75) is 39.5 Å². The van der Waals surface area contributed by atoms with Gasteiger partial charge in [0.1, 0.15) is 5.82 Å². The van der Waals surface area contributed by atoms with Crippen molar-refractivity contribution >= 4 is 5.97 Å². The van der Waals surface area contributed by atoms with Crippen LogP contribution in [0.4, 0.5) is 0 Å². The number of aromatic nitrogens is 2. The Labute approximate surface area is 129 Å². The molecule has 2 aromatic rings. The highest BCUT2D eigenvalue weighted by Gasteiger charge is 2.15. The fourth-order valence-corrected chi connectivity index (χ4v) is 2.23. The summed E-state index contributed by atoms with van der Waals surface area (Å²) in [6.45, 7) is 8.05. The minimum Gasteiger partial charge on any atom is -0.481 e. The van der Waals surface area contributed by atoms with E-state index in [9.17, 15) is 9.59 Å². The van der Waals surface area contributed by atoms with Crippen molar-refractivity contribution in [3.8, 4) is 11.4 Å². The van der Waals surface area contributed by atoms with E-state index in [1.807, 2.05) is 24.3 Å². The number of rotatable bonds is 3. The molecule has 0 aliphatic carbocycles. The monoisotopic (exact) mass is 300 g/mol. The van der Waals surface area contributed by atoms with Crippen LogP contribution < -0.4 is 5.56 Å². The molecule has 0 bridgehead atoms. The van der Waals surface area contributed by atoms with Crippen LogP contribution in [0.3, 0.4) is 0 Å². The molecule has 2 rings (SSSR count). The van der Waals surface area contributed by atoms with E-state index >= 15 is 0 Å². The summed E-state index contributed by atoms with van der Waals surface area (Å²) in [7, 11) is 0. The summed E-state index contributed by atoms with van der Waals surface area (Å²) in [6, 6.07) is 7.84. The van der Waals surface area contributed by atoms with E-state index in [0.29, 0.717) is 11.5 Å². The van der Waals surface area contributed by atoms with Gasteiger partial charge in [-0.2, -0.15) is 0 Å². The standard InChI is InChI=1S/C17H20N2O3/c1-10-13(9-14(20)21)16(22)19-15(18-10)11-5-7-12(8-6-11)17(2,3)4/h5-8H,9H2,1-4H3,(H,20,21)(H,18,19,22). The Morgan fingerprint density at radius 3 is 2.27 bits per heavy atom. The van der Waals surface area contributed by atoms with E-state index in [4.69, 9.17) is 5.11 Å². The van der Waals surface area contributed by atoms with Gasteiger partial charge in [0, 0.05) is 16.8 Å². The molecule has 0 atom stereocenters. The number of aromatic amines is 1. The average Bonchev–Trinajstić information content (AvgIpc) is 2.41. The maximum Gasteiger partial charge on any atom is 0.308 e. The highest BCUT2D eigenvalue weighted by atomic mass is 16.4. The molecule has 1 aromatic carbocycles. The molecule has 0 saturated carbocycles. The Kier molecular flexibility index (Phi) is 4.17. The first-order chi connectivity index (χ1) is 10.2. The number of benzene rings is 1. The van der Waals surface area contributed by atoms with Crippen molar-refractivity contribution in [2.75, 3.05) is 0 Å². The second-order valence-corrected chi connectivity index (χ2v) is 6.38. The third-order valence-electron chi connectivity index (χ3n) is 3.57. The van der Waals surface area contributed by atoms with Gasteiger partial charge in [-0.05, 0) is 17.9 Å². The van der Waals surface area contributed by atoms with Gasteiger partial charge in [-0.15, -0.1) is 0 Å². The summed E-state index contributed by atoms with van der Waals surface area (Å²) in [6.07, 6.45) is -0.322. The molecule has 116 valence electrons. The van der Waals surface area contributed by atoms with Crippen LogP contribution in [-0.2, 0) is 16.6 Å². The number of carboxylic acid groups (broad SMARTS) is 1. The molecule has 0 radical (unpaired) electrons. The first-order valence-corrected chi connectivity index (χ1v) is 7.11. The Balaban J connectivity index is 2.42. The first kappa shape index (κ1) is 15.9. The third-order valence-corrected chi connectivity index (χ3v) is 3.57. The Morgan fingerprint density at radius 2 is 1.82 bits per heavy atom. The topological polar surface area (TPSA) is 83.0 Å². The lowest BCUT2D eigenvalue weighted by molar-refractivity contribution is -0.136. The molecular weight excluding hydrogens is 280 g/mol. The zero-order chi connectivity index (χ0) is 16.5. The molecule has 0 aliphatic rings. The maximum atomic E-state index is 12.0. The summed E-state index contributed by atoms with van der Waals surface area (Å²) in [4.78, 5) is 29.8. The van der Waals surface area contributed by atoms with E-state index in [-0.39, 0.29) is 17.4 Å². The van der Waals surface area contributed by atoms with Gasteiger partial charge >= 0.3 is 5.97 Å². The molecule has 5 heteroatoms. The summed E-state index contributed by atoms with van der Waals surface area (Å²) in [5, 5.41) is 8.83. The highest BCUT2D eigenvalue weighted by molar-refractivity contribution is 5.70. The van der Waals surface area contributed by atoms with Crippen LogP contribution in [0.5, 0.6) is 0 Å². The molecule has 5 nitrogen and oxygen atoms in total. The van der Waals surface area contributed by atoms with Gasteiger partial charge in [0.05, 0.1) is 6.42 Å². The Morgan fingerprint density at radius 1 is 1.23 bits per heavy atom. The molecule has 1 aromatic heterocycles. The molecule has 0 spiro atoms. The average molecular weight is 300 g/mol. The Bertz CT molecular complexity index is 753. The quantitative estimate of drug-likeness (QED) is 0.913. The summed E-state index contributed by atoms with van der Waals surface area (Å²) < 4.78 is 0. The number of aliphatic carboxylic acids is 1. The van der Waals surface area contributed by atoms with Gasteiger partial charge in [-0.1, -0.05) is 45.0 Å². The SMILES string of the molecule is Cc1nc(-c2ccc(C(C)(C)C)cc2)[nH]c(=O)c1CC(=O)O. The minimum absolute atomic E-state index is 0.0562. The minimum atomic E-state index is -1.04. The van der Waals surface area contributed by atoms with Crippen LogP contribution in [0.15, 0.2) is 29.1 Å². The van der Waals surface area contributed by atoms with Gasteiger partial charge < -0.3 is 10.1 Å². The summed E-state index contributed by atoms with van der Waals surface area (Å²) in [5.41, 5.74) is 2.29. The van der Waals surface area contributed by atoms with Crippen molar-refractivity contribution in [2.24, 2.45) is 0 Å². The number of carboxylic acids is 1. The highest BCUT2D eigenvalue weighted by Crippen LogP contribution is 2.24. The van der Waals surface area contributed by atoms with Crippen LogP contribution in [0.1, 0.15) is 37.6 Å². The predicted molar refractivity (Wildman–Crippen MR) is 85.1 cm³/mol. The zero-order valence-corrected chi connectivity index (χ0v) is 13.2. The molecule has 0 unspecified atom stereocenters. The first-order valence-electron chi connectivity index (χ1n) is 7.11. The van der Waals surface area contributed by atoms with Crippen LogP contribution in [0.25, 0.3) is 11.4 Å². The van der Waals surface area contributed by atoms with E-state index in [1.54, 1.807) is 6.92 Å². The Hall–Kier alpha value is -2.43. The second-order valence-electron chi connectivity index (χ2n) is 6.38. The van der Waals surface area contributed by atoms with Gasteiger partial charge in [0.2, 0.25) is 0 Å². The molecule has 22 heavy (non-hydrogen) atoms. The van der Waals surface area contributed by atoms with Crippen LogP contribution in [0, 0.1) is 6.92 Å². The second kappa shape index (κ2) is 5.75. The molecule has 0 saturated heterocycles. The molecule has 0 aliphatic heterocycles. The predicted octanol–water partition coefficient (Wildman–Crippen LogP) is 2.67. The fraction of sp³-hybridized carbons (Fsp3) is 0.353. The number of nitrogens with zero attached hydrogens (tertiary/aromatic N) is 1. The lowest BCUT2D eigenvalue weighted by atomic mass is 9.86. The third kappa shape index (κ3) is 3.42. The van der Waals surface area contributed by atoms with Gasteiger partial charge in [-0.25, -0.2) is 4.98 Å². The van der Waals surface area contributed by atoms with Crippen LogP contribution in [0.2, 0.25) is 0 Å². The number of carbonyl (C=O) groups is 1. The van der Waals surface area contributed by atoms with Crippen molar-refractivity contribution in [3.05, 3.63) is 51.4 Å². The number of aryl methyl sites for hydroxylation is 1. The summed E-state index contributed by atoms with van der Waals surface area (Å²) in [5.74, 6) is -0.588. The van der Waals surface area contributed by atoms with E-state index < -0.39 is 11.5 Å². The largest absolute Gasteiger partial charge is 0.481 e. The van der Waals surface area contributed by atoms with Gasteiger partial charge in [0.15, 0.2) is 0 Å². The maximum absolute atomic E-state index is 12.0. The van der Waals surface area contributed by atoms with Crippen molar-refractivity contribution in [1.29, 1.82) is 0 Å². The van der Waals surface area contributed by atoms with Gasteiger partial charge in [0.25, 0.3) is 5.56 Å². The van der Waals surface area contributed by atoms with Crippen LogP contribution in [-0.4, -0.2) is 21.0 Å². The zero-order valence-electron chi connectivity index (χ0n) is 13.2.